The summed E-state index contributed by atoms with van der Waals surface area (Å²) in [5.41, 5.74) is 0.575. The lowest BCUT2D eigenvalue weighted by molar-refractivity contribution is -0.136. The van der Waals surface area contributed by atoms with Gasteiger partial charge in [0.2, 0.25) is 5.91 Å². The van der Waals surface area contributed by atoms with E-state index in [1.54, 1.807) is 28.4 Å². The minimum absolute atomic E-state index is 0.00837. The van der Waals surface area contributed by atoms with Crippen LogP contribution in [0.1, 0.15) is 50.6 Å². The maximum atomic E-state index is 13.4. The van der Waals surface area contributed by atoms with E-state index in [1.807, 2.05) is 44.0 Å². The molecule has 0 spiro atoms. The van der Waals surface area contributed by atoms with E-state index in [1.165, 1.54) is 17.0 Å². The first kappa shape index (κ1) is 24.0. The number of fused-ring (bicyclic) bond motifs is 1. The average molecular weight is 462 g/mol. The molecular weight excluding hydrogens is 429 g/mol. The number of amides is 3. The Bertz CT molecular complexity index is 923. The van der Waals surface area contributed by atoms with Crippen LogP contribution in [0, 0.1) is 5.82 Å². The van der Waals surface area contributed by atoms with E-state index >= 15 is 0 Å². The second-order valence-electron chi connectivity index (χ2n) is 8.91. The van der Waals surface area contributed by atoms with Crippen LogP contribution in [0.5, 0.6) is 5.75 Å². The van der Waals surface area contributed by atoms with Gasteiger partial charge in [0, 0.05) is 23.5 Å². The van der Waals surface area contributed by atoms with Crippen molar-refractivity contribution in [3.05, 3.63) is 52.0 Å². The maximum Gasteiger partial charge on any atom is 0.318 e. The molecule has 0 unspecified atom stereocenters. The van der Waals surface area contributed by atoms with Gasteiger partial charge in [-0.1, -0.05) is 6.92 Å². The highest BCUT2D eigenvalue weighted by Crippen LogP contribution is 2.34. The van der Waals surface area contributed by atoms with E-state index in [2.05, 4.69) is 5.32 Å². The average Bonchev–Trinajstić information content (AvgIpc) is 3.23. The Morgan fingerprint density at radius 3 is 2.62 bits per heavy atom. The van der Waals surface area contributed by atoms with Crippen molar-refractivity contribution in [2.24, 2.45) is 0 Å². The number of thiophene rings is 1. The third-order valence-electron chi connectivity index (χ3n) is 5.51. The van der Waals surface area contributed by atoms with Gasteiger partial charge in [-0.05, 0) is 74.9 Å². The summed E-state index contributed by atoms with van der Waals surface area (Å²) < 4.78 is 19.2. The second-order valence-corrected chi connectivity index (χ2v) is 9.91. The molecule has 0 fully saturated rings. The normalized spacial score (nSPS) is 15.8. The van der Waals surface area contributed by atoms with Crippen molar-refractivity contribution in [2.45, 2.75) is 52.1 Å². The van der Waals surface area contributed by atoms with Crippen molar-refractivity contribution in [3.63, 3.8) is 0 Å². The Kier molecular flexibility index (Phi) is 7.77. The van der Waals surface area contributed by atoms with Gasteiger partial charge in [0.05, 0.1) is 6.04 Å². The van der Waals surface area contributed by atoms with Crippen molar-refractivity contribution >= 4 is 23.3 Å². The van der Waals surface area contributed by atoms with Gasteiger partial charge in [-0.3, -0.25) is 4.79 Å². The molecule has 1 aliphatic heterocycles. The van der Waals surface area contributed by atoms with Crippen molar-refractivity contribution < 1.29 is 18.7 Å². The predicted molar refractivity (Wildman–Crippen MR) is 125 cm³/mol. The Balaban J connectivity index is 1.77. The number of carbonyl (C=O) groups excluding carboxylic acids is 2. The van der Waals surface area contributed by atoms with Crippen LogP contribution in [-0.2, 0) is 11.2 Å². The number of rotatable bonds is 7. The molecule has 0 aliphatic carbocycles. The van der Waals surface area contributed by atoms with Gasteiger partial charge in [-0.25, -0.2) is 9.18 Å². The fourth-order valence-electron chi connectivity index (χ4n) is 3.75. The topological polar surface area (TPSA) is 61.9 Å². The molecule has 1 atom stereocenters. The molecule has 1 aromatic heterocycles. The SMILES string of the molecule is CCCNC(=O)N(CC(=O)N1CCc2sccc2[C@H]1COc1ccc(F)cc1)C(C)(C)C. The summed E-state index contributed by atoms with van der Waals surface area (Å²) in [5, 5.41) is 4.91. The third kappa shape index (κ3) is 5.79. The number of halogens is 1. The quantitative estimate of drug-likeness (QED) is 0.655. The zero-order chi connectivity index (χ0) is 23.3. The first-order valence-electron chi connectivity index (χ1n) is 11.0. The molecule has 174 valence electrons. The van der Waals surface area contributed by atoms with Crippen LogP contribution in [0.2, 0.25) is 0 Å². The molecule has 1 aromatic carbocycles. The number of ether oxygens (including phenoxy) is 1. The molecule has 32 heavy (non-hydrogen) atoms. The maximum absolute atomic E-state index is 13.4. The van der Waals surface area contributed by atoms with E-state index in [0.29, 0.717) is 18.8 Å². The number of carbonyl (C=O) groups is 2. The summed E-state index contributed by atoms with van der Waals surface area (Å²) in [6.45, 7) is 9.15. The molecule has 2 aromatic rings. The molecule has 0 saturated heterocycles. The van der Waals surface area contributed by atoms with E-state index in [0.717, 1.165) is 18.4 Å². The molecule has 8 heteroatoms. The van der Waals surface area contributed by atoms with Gasteiger partial charge in [0.1, 0.15) is 24.7 Å². The Morgan fingerprint density at radius 1 is 1.25 bits per heavy atom. The number of nitrogens with zero attached hydrogens (tertiary/aromatic N) is 2. The minimum atomic E-state index is -0.503. The van der Waals surface area contributed by atoms with E-state index < -0.39 is 5.54 Å². The van der Waals surface area contributed by atoms with Crippen molar-refractivity contribution in [1.29, 1.82) is 0 Å². The van der Waals surface area contributed by atoms with Gasteiger partial charge in [-0.2, -0.15) is 0 Å². The molecule has 0 radical (unpaired) electrons. The summed E-state index contributed by atoms with van der Waals surface area (Å²) in [6, 6.07) is 7.41. The summed E-state index contributed by atoms with van der Waals surface area (Å²) >= 11 is 1.68. The van der Waals surface area contributed by atoms with Crippen molar-refractivity contribution in [1.82, 2.24) is 15.1 Å². The number of nitrogens with one attached hydrogen (secondary N) is 1. The van der Waals surface area contributed by atoms with Gasteiger partial charge in [0.25, 0.3) is 0 Å². The van der Waals surface area contributed by atoms with Crippen LogP contribution in [0.15, 0.2) is 35.7 Å². The molecule has 1 aliphatic rings. The van der Waals surface area contributed by atoms with Crippen LogP contribution < -0.4 is 10.1 Å². The summed E-state index contributed by atoms with van der Waals surface area (Å²) in [4.78, 5) is 30.8. The zero-order valence-electron chi connectivity index (χ0n) is 19.2. The molecule has 1 N–H and O–H groups in total. The van der Waals surface area contributed by atoms with E-state index in [4.69, 9.17) is 4.74 Å². The highest BCUT2D eigenvalue weighted by molar-refractivity contribution is 7.10. The van der Waals surface area contributed by atoms with Gasteiger partial charge < -0.3 is 19.9 Å². The molecule has 0 bridgehead atoms. The number of urea groups is 1. The highest BCUT2D eigenvalue weighted by Gasteiger charge is 2.35. The summed E-state index contributed by atoms with van der Waals surface area (Å²) in [6.07, 6.45) is 1.61. The molecule has 3 rings (SSSR count). The number of hydrogen-bond acceptors (Lipinski definition) is 4. The summed E-state index contributed by atoms with van der Waals surface area (Å²) in [7, 11) is 0. The van der Waals surface area contributed by atoms with Crippen molar-refractivity contribution in [2.75, 3.05) is 26.2 Å². The molecule has 3 amide bonds. The number of hydrogen-bond donors (Lipinski definition) is 1. The summed E-state index contributed by atoms with van der Waals surface area (Å²) in [5.74, 6) is 0.114. The lowest BCUT2D eigenvalue weighted by Gasteiger charge is -2.40. The zero-order valence-corrected chi connectivity index (χ0v) is 20.0. The van der Waals surface area contributed by atoms with Crippen LogP contribution in [0.3, 0.4) is 0 Å². The fraction of sp³-hybridized carbons (Fsp3) is 0.500. The first-order valence-corrected chi connectivity index (χ1v) is 11.9. The standard InChI is InChI=1S/C24H32FN3O3S/c1-5-12-26-23(30)28(24(2,3)4)15-22(29)27-13-10-21-19(11-14-32-21)20(27)16-31-18-8-6-17(25)7-9-18/h6-9,11,14,20H,5,10,12-13,15-16H2,1-4H3,(H,26,30)/t20-/m1/s1. The van der Waals surface area contributed by atoms with Crippen LogP contribution in [0.25, 0.3) is 0 Å². The van der Waals surface area contributed by atoms with Gasteiger partial charge >= 0.3 is 6.03 Å². The van der Waals surface area contributed by atoms with Crippen molar-refractivity contribution in [3.8, 4) is 5.75 Å². The monoisotopic (exact) mass is 461 g/mol. The van der Waals surface area contributed by atoms with Gasteiger partial charge in [0.15, 0.2) is 0 Å². The molecular formula is C24H32FN3O3S. The highest BCUT2D eigenvalue weighted by atomic mass is 32.1. The van der Waals surface area contributed by atoms with E-state index in [9.17, 15) is 14.0 Å². The van der Waals surface area contributed by atoms with Gasteiger partial charge in [-0.15, -0.1) is 11.3 Å². The van der Waals surface area contributed by atoms with Crippen LogP contribution in [0.4, 0.5) is 9.18 Å². The molecule has 6 nitrogen and oxygen atoms in total. The lowest BCUT2D eigenvalue weighted by Crippen LogP contribution is -2.55. The second kappa shape index (κ2) is 10.3. The molecule has 0 saturated carbocycles. The first-order chi connectivity index (χ1) is 15.2. The largest absolute Gasteiger partial charge is 0.491 e. The minimum Gasteiger partial charge on any atom is -0.491 e. The fourth-order valence-corrected chi connectivity index (χ4v) is 4.68. The molecule has 2 heterocycles. The Labute approximate surface area is 193 Å². The van der Waals surface area contributed by atoms with E-state index in [-0.39, 0.29) is 36.9 Å². The lowest BCUT2D eigenvalue weighted by atomic mass is 10.00. The number of benzene rings is 1. The Hall–Kier alpha value is -2.61. The Morgan fingerprint density at radius 2 is 1.97 bits per heavy atom. The smallest absolute Gasteiger partial charge is 0.318 e. The van der Waals surface area contributed by atoms with Crippen LogP contribution in [-0.4, -0.2) is 53.5 Å². The third-order valence-corrected chi connectivity index (χ3v) is 6.51. The predicted octanol–water partition coefficient (Wildman–Crippen LogP) is 4.61. The van der Waals surface area contributed by atoms with Crippen LogP contribution >= 0.6 is 11.3 Å².